The van der Waals surface area contributed by atoms with Gasteiger partial charge in [0.1, 0.15) is 5.75 Å². The molecule has 3 aromatic rings. The Balaban J connectivity index is 1.77. The molecule has 3 heteroatoms. The highest BCUT2D eigenvalue weighted by atomic mass is 32.1. The first kappa shape index (κ1) is 16.5. The lowest BCUT2D eigenvalue weighted by Gasteiger charge is -2.12. The molecule has 24 heavy (non-hydrogen) atoms. The van der Waals surface area contributed by atoms with E-state index >= 15 is 0 Å². The first-order chi connectivity index (χ1) is 11.7. The summed E-state index contributed by atoms with van der Waals surface area (Å²) in [6.45, 7) is 4.17. The molecule has 0 amide bonds. The normalized spacial score (nSPS) is 11.9. The van der Waals surface area contributed by atoms with Crippen LogP contribution in [0.3, 0.4) is 0 Å². The topological polar surface area (TPSA) is 26.3 Å². The molecular formula is C21H20O2S. The molecule has 0 spiro atoms. The summed E-state index contributed by atoms with van der Waals surface area (Å²) in [6.07, 6.45) is 1.20. The fraction of sp³-hybridized carbons (Fsp3) is 0.190. The maximum atomic E-state index is 12.5. The molecule has 1 atom stereocenters. The van der Waals surface area contributed by atoms with Gasteiger partial charge in [-0.15, -0.1) is 11.3 Å². The van der Waals surface area contributed by atoms with Gasteiger partial charge >= 0.3 is 0 Å². The third-order valence-corrected chi connectivity index (χ3v) is 5.05. The van der Waals surface area contributed by atoms with E-state index in [2.05, 4.69) is 13.8 Å². The van der Waals surface area contributed by atoms with Gasteiger partial charge in [0.05, 0.1) is 11.0 Å². The van der Waals surface area contributed by atoms with Gasteiger partial charge in [0.2, 0.25) is 5.78 Å². The van der Waals surface area contributed by atoms with Crippen LogP contribution in [-0.2, 0) is 0 Å². The van der Waals surface area contributed by atoms with E-state index in [4.69, 9.17) is 4.74 Å². The molecule has 0 radical (unpaired) electrons. The average Bonchev–Trinajstić information content (AvgIpc) is 3.12. The molecule has 0 fully saturated rings. The summed E-state index contributed by atoms with van der Waals surface area (Å²) >= 11 is 1.52. The second-order valence-corrected chi connectivity index (χ2v) is 6.80. The van der Waals surface area contributed by atoms with Crippen LogP contribution in [0.15, 0.2) is 66.7 Å². The van der Waals surface area contributed by atoms with Crippen LogP contribution in [0.5, 0.6) is 5.75 Å². The lowest BCUT2D eigenvalue weighted by molar-refractivity contribution is 0.104. The number of benzene rings is 2. The van der Waals surface area contributed by atoms with Gasteiger partial charge in [-0.25, -0.2) is 0 Å². The molecule has 2 aromatic carbocycles. The summed E-state index contributed by atoms with van der Waals surface area (Å²) < 4.78 is 5.80. The summed E-state index contributed by atoms with van der Waals surface area (Å²) in [5.74, 6) is 0.953. The van der Waals surface area contributed by atoms with Crippen molar-refractivity contribution in [2.24, 2.45) is 0 Å². The minimum absolute atomic E-state index is 0.0728. The Hall–Kier alpha value is -2.39. The molecule has 0 N–H and O–H groups in total. The lowest BCUT2D eigenvalue weighted by Crippen LogP contribution is -2.09. The molecule has 0 bridgehead atoms. The van der Waals surface area contributed by atoms with Crippen LogP contribution in [0.25, 0.3) is 10.4 Å². The Morgan fingerprint density at radius 3 is 2.38 bits per heavy atom. The van der Waals surface area contributed by atoms with Crippen LogP contribution in [0.4, 0.5) is 0 Å². The van der Waals surface area contributed by atoms with Gasteiger partial charge in [-0.1, -0.05) is 37.3 Å². The minimum atomic E-state index is 0.0728. The first-order valence-electron chi connectivity index (χ1n) is 8.14. The van der Waals surface area contributed by atoms with Gasteiger partial charge in [0.25, 0.3) is 0 Å². The van der Waals surface area contributed by atoms with E-state index in [1.54, 1.807) is 0 Å². The average molecular weight is 336 g/mol. The maximum Gasteiger partial charge on any atom is 0.202 e. The van der Waals surface area contributed by atoms with Crippen molar-refractivity contribution < 1.29 is 9.53 Å². The molecule has 1 unspecified atom stereocenters. The maximum absolute atomic E-state index is 12.5. The molecule has 0 aliphatic carbocycles. The van der Waals surface area contributed by atoms with Gasteiger partial charge in [-0.2, -0.15) is 0 Å². The fourth-order valence-electron chi connectivity index (χ4n) is 2.36. The number of carbonyl (C=O) groups is 1. The van der Waals surface area contributed by atoms with Crippen molar-refractivity contribution >= 4 is 17.1 Å². The van der Waals surface area contributed by atoms with Crippen molar-refractivity contribution in [2.75, 3.05) is 0 Å². The standard InChI is InChI=1S/C21H20O2S/c1-3-15(2)23-18-11-9-16(10-12-18)19-13-14-20(24-19)21(22)17-7-5-4-6-8-17/h4-15H,3H2,1-2H3. The third kappa shape index (κ3) is 3.74. The van der Waals surface area contributed by atoms with Crippen molar-refractivity contribution in [2.45, 2.75) is 26.4 Å². The van der Waals surface area contributed by atoms with Crippen LogP contribution in [0, 0.1) is 0 Å². The van der Waals surface area contributed by atoms with Crippen LogP contribution in [-0.4, -0.2) is 11.9 Å². The zero-order valence-electron chi connectivity index (χ0n) is 13.9. The van der Waals surface area contributed by atoms with Gasteiger partial charge in [-0.05, 0) is 55.3 Å². The molecule has 0 aliphatic rings. The van der Waals surface area contributed by atoms with E-state index in [-0.39, 0.29) is 11.9 Å². The number of rotatable bonds is 6. The number of ether oxygens (including phenoxy) is 1. The molecule has 1 heterocycles. The molecule has 2 nitrogen and oxygen atoms in total. The monoisotopic (exact) mass is 336 g/mol. The summed E-state index contributed by atoms with van der Waals surface area (Å²) in [5.41, 5.74) is 1.83. The van der Waals surface area contributed by atoms with E-state index in [0.29, 0.717) is 0 Å². The molecule has 0 saturated heterocycles. The summed E-state index contributed by atoms with van der Waals surface area (Å²) in [7, 11) is 0. The number of carbonyl (C=O) groups excluding carboxylic acids is 1. The Kier molecular flexibility index (Phi) is 5.11. The highest BCUT2D eigenvalue weighted by molar-refractivity contribution is 7.17. The summed E-state index contributed by atoms with van der Waals surface area (Å²) in [6, 6.07) is 21.4. The highest BCUT2D eigenvalue weighted by Gasteiger charge is 2.12. The number of hydrogen-bond donors (Lipinski definition) is 0. The fourth-order valence-corrected chi connectivity index (χ4v) is 3.33. The van der Waals surface area contributed by atoms with Crippen molar-refractivity contribution in [3.8, 4) is 16.2 Å². The Labute approximate surface area is 146 Å². The van der Waals surface area contributed by atoms with Crippen molar-refractivity contribution in [1.29, 1.82) is 0 Å². The van der Waals surface area contributed by atoms with E-state index in [1.165, 1.54) is 11.3 Å². The van der Waals surface area contributed by atoms with Crippen LogP contribution in [0.1, 0.15) is 35.5 Å². The van der Waals surface area contributed by atoms with Crippen molar-refractivity contribution in [3.63, 3.8) is 0 Å². The van der Waals surface area contributed by atoms with Gasteiger partial charge in [0, 0.05) is 10.4 Å². The molecule has 0 saturated carbocycles. The Morgan fingerprint density at radius 1 is 1.00 bits per heavy atom. The number of ketones is 1. The third-order valence-electron chi connectivity index (χ3n) is 3.92. The van der Waals surface area contributed by atoms with Gasteiger partial charge in [0.15, 0.2) is 0 Å². The smallest absolute Gasteiger partial charge is 0.202 e. The van der Waals surface area contributed by atoms with E-state index in [0.717, 1.165) is 33.1 Å². The number of hydrogen-bond acceptors (Lipinski definition) is 3. The predicted octanol–water partition coefficient (Wildman–Crippen LogP) is 5.82. The number of thiophene rings is 1. The van der Waals surface area contributed by atoms with Crippen LogP contribution in [0.2, 0.25) is 0 Å². The second kappa shape index (κ2) is 7.45. The molecule has 3 rings (SSSR count). The first-order valence-corrected chi connectivity index (χ1v) is 8.95. The highest BCUT2D eigenvalue weighted by Crippen LogP contribution is 2.30. The van der Waals surface area contributed by atoms with Crippen LogP contribution >= 0.6 is 11.3 Å². The molecule has 122 valence electrons. The lowest BCUT2D eigenvalue weighted by atomic mass is 10.1. The minimum Gasteiger partial charge on any atom is -0.491 e. The summed E-state index contributed by atoms with van der Waals surface area (Å²) in [5, 5.41) is 0. The largest absolute Gasteiger partial charge is 0.491 e. The van der Waals surface area contributed by atoms with Gasteiger partial charge in [-0.3, -0.25) is 4.79 Å². The van der Waals surface area contributed by atoms with Crippen molar-refractivity contribution in [1.82, 2.24) is 0 Å². The van der Waals surface area contributed by atoms with E-state index < -0.39 is 0 Å². The van der Waals surface area contributed by atoms with Gasteiger partial charge < -0.3 is 4.74 Å². The molecule has 0 aliphatic heterocycles. The quantitative estimate of drug-likeness (QED) is 0.530. The Bertz CT molecular complexity index is 803. The van der Waals surface area contributed by atoms with Crippen LogP contribution < -0.4 is 4.74 Å². The van der Waals surface area contributed by atoms with Crippen molar-refractivity contribution in [3.05, 3.63) is 77.2 Å². The predicted molar refractivity (Wildman–Crippen MR) is 100 cm³/mol. The zero-order chi connectivity index (χ0) is 16.9. The SMILES string of the molecule is CCC(C)Oc1ccc(-c2ccc(C(=O)c3ccccc3)s2)cc1. The Morgan fingerprint density at radius 2 is 1.71 bits per heavy atom. The van der Waals surface area contributed by atoms with E-state index in [9.17, 15) is 4.79 Å². The second-order valence-electron chi connectivity index (χ2n) is 5.72. The zero-order valence-corrected chi connectivity index (χ0v) is 14.7. The molecular weight excluding hydrogens is 316 g/mol. The van der Waals surface area contributed by atoms with E-state index in [1.807, 2.05) is 66.7 Å². The molecule has 1 aromatic heterocycles. The summed E-state index contributed by atoms with van der Waals surface area (Å²) in [4.78, 5) is 14.3.